The van der Waals surface area contributed by atoms with Crippen molar-refractivity contribution in [3.63, 3.8) is 0 Å². The van der Waals surface area contributed by atoms with E-state index >= 15 is 0 Å². The molecule has 6 nitrogen and oxygen atoms in total. The monoisotopic (exact) mass is 387 g/mol. The molecule has 136 valence electrons. The number of pyridine rings is 1. The number of carbonyl (C=O) groups is 1. The highest BCUT2D eigenvalue weighted by Gasteiger charge is 2.18. The number of fused-ring (bicyclic) bond motifs is 1. The number of aromatic nitrogens is 4. The van der Waals surface area contributed by atoms with Gasteiger partial charge in [-0.15, -0.1) is 11.8 Å². The fourth-order valence-electron chi connectivity index (χ4n) is 2.59. The average Bonchev–Trinajstić information content (AvgIpc) is 3.05. The first kappa shape index (κ1) is 18.8. The summed E-state index contributed by atoms with van der Waals surface area (Å²) in [7, 11) is 2.70. The lowest BCUT2D eigenvalue weighted by Crippen LogP contribution is -2.28. The molecule has 0 aliphatic heterocycles. The van der Waals surface area contributed by atoms with Crippen LogP contribution in [0.3, 0.4) is 0 Å². The van der Waals surface area contributed by atoms with Crippen LogP contribution in [-0.2, 0) is 4.79 Å². The van der Waals surface area contributed by atoms with Crippen molar-refractivity contribution < 1.29 is 4.79 Å². The van der Waals surface area contributed by atoms with Gasteiger partial charge in [-0.1, -0.05) is 16.2 Å². The molecule has 0 aliphatic carbocycles. The third-order valence-corrected chi connectivity index (χ3v) is 5.83. The van der Waals surface area contributed by atoms with Gasteiger partial charge >= 0.3 is 0 Å². The van der Waals surface area contributed by atoms with Gasteiger partial charge in [-0.2, -0.15) is 0 Å². The van der Waals surface area contributed by atoms with Gasteiger partial charge in [0.25, 0.3) is 0 Å². The van der Waals surface area contributed by atoms with Gasteiger partial charge in [-0.05, 0) is 31.7 Å². The Morgan fingerprint density at radius 3 is 2.81 bits per heavy atom. The van der Waals surface area contributed by atoms with Crippen molar-refractivity contribution in [3.8, 4) is 11.4 Å². The minimum atomic E-state index is -0.115. The summed E-state index contributed by atoms with van der Waals surface area (Å²) in [5.74, 6) is 1.24. The Hall–Kier alpha value is -1.98. The Labute approximate surface area is 159 Å². The molecule has 3 heterocycles. The van der Waals surface area contributed by atoms with E-state index in [1.54, 1.807) is 11.8 Å². The van der Waals surface area contributed by atoms with Crippen molar-refractivity contribution in [1.82, 2.24) is 19.9 Å². The highest BCUT2D eigenvalue weighted by Crippen LogP contribution is 2.29. The number of carbonyl (C=O) groups excluding carboxylic acids is 1. The summed E-state index contributed by atoms with van der Waals surface area (Å²) < 4.78 is 0. The topological polar surface area (TPSA) is 83.6 Å². The molecule has 3 atom stereocenters. The van der Waals surface area contributed by atoms with Crippen LogP contribution >= 0.6 is 21.0 Å². The number of hydrogen-bond acceptors (Lipinski definition) is 6. The summed E-state index contributed by atoms with van der Waals surface area (Å²) in [5.41, 5.74) is 2.81. The van der Waals surface area contributed by atoms with E-state index in [1.165, 1.54) is 0 Å². The second-order valence-electron chi connectivity index (χ2n) is 6.36. The number of aromatic amines is 1. The van der Waals surface area contributed by atoms with E-state index in [2.05, 4.69) is 30.6 Å². The minimum absolute atomic E-state index is 0.0314. The average molecular weight is 387 g/mol. The van der Waals surface area contributed by atoms with Gasteiger partial charge in [0.1, 0.15) is 22.8 Å². The summed E-state index contributed by atoms with van der Waals surface area (Å²) in [4.78, 5) is 28.1. The molecule has 0 saturated carbocycles. The number of rotatable bonds is 6. The second kappa shape index (κ2) is 7.72. The van der Waals surface area contributed by atoms with Gasteiger partial charge in [0.2, 0.25) is 0 Å². The molecule has 8 heteroatoms. The van der Waals surface area contributed by atoms with Crippen LogP contribution in [0, 0.1) is 12.8 Å². The molecule has 26 heavy (non-hydrogen) atoms. The van der Waals surface area contributed by atoms with Crippen LogP contribution in [0.4, 0.5) is 5.82 Å². The molecule has 1 unspecified atom stereocenters. The maximum absolute atomic E-state index is 11.1. The molecule has 3 rings (SSSR count). The van der Waals surface area contributed by atoms with Gasteiger partial charge < -0.3 is 15.1 Å². The lowest BCUT2D eigenvalue weighted by atomic mass is 10.1. The number of aryl methyl sites for hydroxylation is 1. The Bertz CT molecular complexity index is 958. The number of H-pyrrole nitrogens is 1. The van der Waals surface area contributed by atoms with Crippen LogP contribution in [-0.4, -0.2) is 38.5 Å². The van der Waals surface area contributed by atoms with Crippen molar-refractivity contribution in [3.05, 3.63) is 24.0 Å². The third-order valence-electron chi connectivity index (χ3n) is 4.38. The first-order valence-corrected chi connectivity index (χ1v) is 10.1. The van der Waals surface area contributed by atoms with E-state index in [0.29, 0.717) is 5.82 Å². The van der Waals surface area contributed by atoms with Crippen molar-refractivity contribution in [2.24, 2.45) is 5.92 Å². The maximum atomic E-state index is 11.1. The number of nitrogens with one attached hydrogen (secondary N) is 2. The first-order valence-electron chi connectivity index (χ1n) is 8.32. The number of thioether (sulfide) groups is 1. The highest BCUT2D eigenvalue weighted by molar-refractivity contribution is 7.98. The van der Waals surface area contributed by atoms with Crippen molar-refractivity contribution >= 4 is 49.4 Å². The molecule has 0 bridgehead atoms. The number of anilines is 1. The second-order valence-corrected chi connectivity index (χ2v) is 7.73. The lowest BCUT2D eigenvalue weighted by molar-refractivity contribution is -0.110. The third kappa shape index (κ3) is 3.60. The van der Waals surface area contributed by atoms with Crippen LogP contribution < -0.4 is 10.6 Å². The molecule has 0 aromatic carbocycles. The fraction of sp³-hybridized carbons (Fsp3) is 0.333. The fourth-order valence-corrected chi connectivity index (χ4v) is 3.65. The maximum Gasteiger partial charge on any atom is 0.165 e. The van der Waals surface area contributed by atoms with Gasteiger partial charge in [0.05, 0.1) is 0 Å². The van der Waals surface area contributed by atoms with Gasteiger partial charge in [0.15, 0.2) is 5.82 Å². The summed E-state index contributed by atoms with van der Waals surface area (Å²) >= 11 is 1.56. The molecule has 3 aromatic rings. The zero-order chi connectivity index (χ0) is 18.8. The standard InChI is InChI=1S/C18H22N5OPS/c1-9-5-12-13(7-20-15(12)19-6-9)16-22-17(14(25)18(23-16)26-4)21-11(3)10(2)8-24/h5-8,10-11H,25H2,1-4H3,(H,19,20)(H,21,22,23)/t10-,11+/m1/s1. The van der Waals surface area contributed by atoms with Crippen LogP contribution in [0.25, 0.3) is 22.4 Å². The highest BCUT2D eigenvalue weighted by atomic mass is 32.2. The number of aldehydes is 1. The molecular formula is C18H22N5OPS. The number of nitrogens with zero attached hydrogens (tertiary/aromatic N) is 3. The normalized spacial score (nSPS) is 13.6. The van der Waals surface area contributed by atoms with Crippen molar-refractivity contribution in [2.75, 3.05) is 11.6 Å². The molecule has 0 fully saturated rings. The van der Waals surface area contributed by atoms with Gasteiger partial charge in [-0.25, -0.2) is 15.0 Å². The summed E-state index contributed by atoms with van der Waals surface area (Å²) in [5, 5.41) is 6.13. The van der Waals surface area contributed by atoms with Crippen LogP contribution in [0.1, 0.15) is 19.4 Å². The predicted octanol–water partition coefficient (Wildman–Crippen LogP) is 3.19. The SMILES string of the molecule is CSc1nc(-c2c[nH]c3ncc(C)cc23)nc(N[C@@H](C)[C@H](C)C=O)c1P. The van der Waals surface area contributed by atoms with E-state index in [4.69, 9.17) is 9.97 Å². The Morgan fingerprint density at radius 2 is 2.12 bits per heavy atom. The molecule has 0 amide bonds. The molecule has 2 N–H and O–H groups in total. The summed E-state index contributed by atoms with van der Waals surface area (Å²) in [6.07, 6.45) is 6.66. The van der Waals surface area contributed by atoms with Crippen LogP contribution in [0.5, 0.6) is 0 Å². The molecule has 0 spiro atoms. The van der Waals surface area contributed by atoms with E-state index < -0.39 is 0 Å². The van der Waals surface area contributed by atoms with E-state index in [9.17, 15) is 4.79 Å². The molecular weight excluding hydrogens is 365 g/mol. The largest absolute Gasteiger partial charge is 0.366 e. The lowest BCUT2D eigenvalue weighted by Gasteiger charge is -2.20. The van der Waals surface area contributed by atoms with Crippen LogP contribution in [0.2, 0.25) is 0 Å². The van der Waals surface area contributed by atoms with E-state index in [0.717, 1.165) is 44.6 Å². The van der Waals surface area contributed by atoms with E-state index in [-0.39, 0.29) is 12.0 Å². The Kier molecular flexibility index (Phi) is 5.58. The van der Waals surface area contributed by atoms with Crippen LogP contribution in [0.15, 0.2) is 23.5 Å². The van der Waals surface area contributed by atoms with Gasteiger partial charge in [-0.3, -0.25) is 0 Å². The quantitative estimate of drug-likeness (QED) is 0.293. The molecule has 0 radical (unpaired) electrons. The zero-order valence-corrected chi connectivity index (χ0v) is 17.2. The van der Waals surface area contributed by atoms with Gasteiger partial charge in [0, 0.05) is 40.6 Å². The van der Waals surface area contributed by atoms with Crippen molar-refractivity contribution in [1.29, 1.82) is 0 Å². The molecule has 0 saturated heterocycles. The molecule has 0 aliphatic rings. The number of hydrogen-bond donors (Lipinski definition) is 2. The Morgan fingerprint density at radius 1 is 1.35 bits per heavy atom. The predicted molar refractivity (Wildman–Crippen MR) is 111 cm³/mol. The smallest absolute Gasteiger partial charge is 0.165 e. The zero-order valence-electron chi connectivity index (χ0n) is 15.2. The summed E-state index contributed by atoms with van der Waals surface area (Å²) in [6, 6.07) is 2.05. The summed E-state index contributed by atoms with van der Waals surface area (Å²) in [6.45, 7) is 5.88. The van der Waals surface area contributed by atoms with E-state index in [1.807, 2.05) is 39.4 Å². The minimum Gasteiger partial charge on any atom is -0.366 e. The first-order chi connectivity index (χ1) is 12.4. The molecule has 3 aromatic heterocycles. The van der Waals surface area contributed by atoms with Crippen molar-refractivity contribution in [2.45, 2.75) is 31.8 Å². The Balaban J connectivity index is 2.11.